The molecule has 8 nitrogen and oxygen atoms in total. The summed E-state index contributed by atoms with van der Waals surface area (Å²) < 4.78 is 0. The molecule has 252 valence electrons. The summed E-state index contributed by atoms with van der Waals surface area (Å²) in [5, 5.41) is 58.6. The average molecular weight is 627 g/mol. The zero-order chi connectivity index (χ0) is 33.0. The van der Waals surface area contributed by atoms with E-state index in [-0.39, 0.29) is 37.6 Å². The summed E-state index contributed by atoms with van der Waals surface area (Å²) in [6.07, 6.45) is 10.3. The normalized spacial score (nSPS) is 20.3. The molecule has 2 rings (SSSR count). The van der Waals surface area contributed by atoms with E-state index in [1.807, 2.05) is 37.3 Å². The Morgan fingerprint density at radius 1 is 1.09 bits per heavy atom. The number of carbonyl (C=O) groups is 1. The van der Waals surface area contributed by atoms with Gasteiger partial charge in [-0.25, -0.2) is 0 Å². The van der Waals surface area contributed by atoms with Gasteiger partial charge in [0.1, 0.15) is 0 Å². The van der Waals surface area contributed by atoms with Gasteiger partial charge in [0.15, 0.2) is 0 Å². The maximum absolute atomic E-state index is 11.2. The van der Waals surface area contributed by atoms with Gasteiger partial charge in [-0.05, 0) is 81.2 Å². The van der Waals surface area contributed by atoms with Crippen molar-refractivity contribution in [3.63, 3.8) is 0 Å². The lowest BCUT2D eigenvalue weighted by Gasteiger charge is -2.32. The van der Waals surface area contributed by atoms with E-state index < -0.39 is 24.3 Å². The topological polar surface area (TPSA) is 142 Å². The van der Waals surface area contributed by atoms with Crippen LogP contribution < -0.4 is 10.6 Å². The molecular formula is C37H58N2O6. The first-order valence-corrected chi connectivity index (χ1v) is 17.0. The molecule has 1 heterocycles. The molecule has 1 aromatic rings. The first-order valence-electron chi connectivity index (χ1n) is 17.0. The lowest BCUT2D eigenvalue weighted by molar-refractivity contribution is -0.137. The molecule has 0 aliphatic carbocycles. The third kappa shape index (κ3) is 15.1. The Bertz CT molecular complexity index is 1120. The number of hydrogen-bond donors (Lipinski definition) is 7. The molecule has 0 radical (unpaired) electrons. The van der Waals surface area contributed by atoms with Gasteiger partial charge in [0.05, 0.1) is 24.9 Å². The van der Waals surface area contributed by atoms with E-state index in [1.165, 1.54) is 0 Å². The van der Waals surface area contributed by atoms with Crippen molar-refractivity contribution in [2.24, 2.45) is 0 Å². The molecule has 8 heteroatoms. The Morgan fingerprint density at radius 2 is 1.87 bits per heavy atom. The van der Waals surface area contributed by atoms with Crippen molar-refractivity contribution in [3.8, 4) is 11.8 Å². The summed E-state index contributed by atoms with van der Waals surface area (Å²) >= 11 is 0. The number of unbranched alkanes of at least 4 members (excludes halogenated alkanes) is 2. The summed E-state index contributed by atoms with van der Waals surface area (Å²) in [7, 11) is 0. The first kappa shape index (κ1) is 38.7. The minimum absolute atomic E-state index is 0.0698. The van der Waals surface area contributed by atoms with Gasteiger partial charge in [-0.15, -0.1) is 0 Å². The molecule has 0 amide bonds. The van der Waals surface area contributed by atoms with Crippen LogP contribution in [-0.2, 0) is 11.2 Å². The maximum Gasteiger partial charge on any atom is 0.303 e. The molecule has 0 aromatic heterocycles. The van der Waals surface area contributed by atoms with Crippen molar-refractivity contribution in [2.75, 3.05) is 13.2 Å². The molecule has 1 aliphatic heterocycles. The number of allylic oxidation sites excluding steroid dienone is 2. The Hall–Kier alpha value is -2.51. The average Bonchev–Trinajstić information content (AvgIpc) is 3.01. The number of hydrogen-bond acceptors (Lipinski definition) is 7. The molecular weight excluding hydrogens is 568 g/mol. The van der Waals surface area contributed by atoms with E-state index in [0.717, 1.165) is 67.3 Å². The molecule has 0 fully saturated rings. The predicted octanol–water partition coefficient (Wildman–Crippen LogP) is 4.63. The van der Waals surface area contributed by atoms with E-state index in [1.54, 1.807) is 6.92 Å². The number of carboxylic acids is 1. The van der Waals surface area contributed by atoms with Crippen molar-refractivity contribution in [1.82, 2.24) is 10.6 Å². The van der Waals surface area contributed by atoms with E-state index >= 15 is 0 Å². The van der Waals surface area contributed by atoms with Crippen LogP contribution in [0, 0.1) is 11.8 Å². The Morgan fingerprint density at radius 3 is 2.56 bits per heavy atom. The summed E-state index contributed by atoms with van der Waals surface area (Å²) in [6.45, 7) is 6.28. The summed E-state index contributed by atoms with van der Waals surface area (Å²) in [5.74, 6) is 5.79. The molecule has 6 atom stereocenters. The van der Waals surface area contributed by atoms with Crippen molar-refractivity contribution in [3.05, 3.63) is 58.7 Å². The molecule has 0 saturated heterocycles. The van der Waals surface area contributed by atoms with Crippen LogP contribution in [0.5, 0.6) is 0 Å². The summed E-state index contributed by atoms with van der Waals surface area (Å²) in [5.41, 5.74) is 4.02. The molecule has 1 aromatic carbocycles. The van der Waals surface area contributed by atoms with Crippen LogP contribution in [-0.4, -0.2) is 81.1 Å². The number of rotatable bonds is 19. The third-order valence-electron chi connectivity index (χ3n) is 8.59. The summed E-state index contributed by atoms with van der Waals surface area (Å²) in [4.78, 5) is 11.2. The van der Waals surface area contributed by atoms with E-state index in [4.69, 9.17) is 0 Å². The minimum Gasteiger partial charge on any atom is -0.481 e. The molecule has 45 heavy (non-hydrogen) atoms. The van der Waals surface area contributed by atoms with E-state index in [2.05, 4.69) is 35.5 Å². The number of aryl methyl sites for hydroxylation is 1. The van der Waals surface area contributed by atoms with Crippen LogP contribution in [0.4, 0.5) is 0 Å². The maximum atomic E-state index is 11.2. The SMILES string of the molecule is CCCCCC(O)C=CC1=C(CC(O)CO)C(CCCC(CCC(=O)O)NCC)NC(C(C)O)CC#Cc2ccccc2CC1. The molecule has 1 aliphatic rings. The molecule has 0 saturated carbocycles. The van der Waals surface area contributed by atoms with Gasteiger partial charge in [0.25, 0.3) is 0 Å². The van der Waals surface area contributed by atoms with Crippen molar-refractivity contribution < 1.29 is 30.3 Å². The number of carboxylic acid groups (broad SMARTS) is 1. The van der Waals surface area contributed by atoms with Crippen LogP contribution in [0.2, 0.25) is 0 Å². The number of aliphatic hydroxyl groups excluding tert-OH is 4. The number of aliphatic carboxylic acids is 1. The number of benzene rings is 1. The van der Waals surface area contributed by atoms with Crippen molar-refractivity contribution in [2.45, 2.75) is 141 Å². The predicted molar refractivity (Wildman–Crippen MR) is 181 cm³/mol. The highest BCUT2D eigenvalue weighted by atomic mass is 16.4. The van der Waals surface area contributed by atoms with Gasteiger partial charge in [-0.1, -0.05) is 81.7 Å². The van der Waals surface area contributed by atoms with Crippen molar-refractivity contribution in [1.29, 1.82) is 0 Å². The van der Waals surface area contributed by atoms with Crippen LogP contribution in [0.3, 0.4) is 0 Å². The largest absolute Gasteiger partial charge is 0.481 e. The monoisotopic (exact) mass is 626 g/mol. The smallest absolute Gasteiger partial charge is 0.303 e. The fourth-order valence-electron chi connectivity index (χ4n) is 5.97. The second-order valence-corrected chi connectivity index (χ2v) is 12.4. The Balaban J connectivity index is 2.56. The Kier molecular flexibility index (Phi) is 19.0. The Labute approximate surface area is 271 Å². The highest BCUT2D eigenvalue weighted by Gasteiger charge is 2.26. The summed E-state index contributed by atoms with van der Waals surface area (Å²) in [6, 6.07) is 7.58. The van der Waals surface area contributed by atoms with Gasteiger partial charge < -0.3 is 36.2 Å². The highest BCUT2D eigenvalue weighted by Crippen LogP contribution is 2.27. The van der Waals surface area contributed by atoms with Crippen LogP contribution in [0.25, 0.3) is 0 Å². The zero-order valence-corrected chi connectivity index (χ0v) is 27.7. The molecule has 0 spiro atoms. The third-order valence-corrected chi connectivity index (χ3v) is 8.59. The fraction of sp³-hybridized carbons (Fsp3) is 0.649. The van der Waals surface area contributed by atoms with Crippen LogP contribution in [0.1, 0.15) is 109 Å². The second-order valence-electron chi connectivity index (χ2n) is 12.4. The molecule has 6 unspecified atom stereocenters. The number of aliphatic hydroxyl groups is 4. The molecule has 7 N–H and O–H groups in total. The van der Waals surface area contributed by atoms with Gasteiger partial charge in [0, 0.05) is 36.5 Å². The van der Waals surface area contributed by atoms with Gasteiger partial charge in [0.2, 0.25) is 0 Å². The first-order chi connectivity index (χ1) is 21.7. The lowest BCUT2D eigenvalue weighted by atomic mass is 9.86. The zero-order valence-electron chi connectivity index (χ0n) is 27.7. The van der Waals surface area contributed by atoms with Crippen molar-refractivity contribution >= 4 is 5.97 Å². The van der Waals surface area contributed by atoms with Gasteiger partial charge in [-0.2, -0.15) is 0 Å². The highest BCUT2D eigenvalue weighted by molar-refractivity contribution is 5.66. The standard InChI is InChI=1S/C37H58N2O6/c1-4-6-7-16-32(42)23-21-30-20-19-29-13-9-8-12-28(29)14-10-17-35(27(3)41)39-36(34(30)25-33(43)26-40)18-11-15-31(38-5-2)22-24-37(44)45/h8-9,12-13,21,23,27,31-33,35-36,38-43H,4-7,11,15-20,22,24-26H2,1-3H3,(H,44,45). The van der Waals surface area contributed by atoms with Crippen LogP contribution in [0.15, 0.2) is 47.6 Å². The van der Waals surface area contributed by atoms with E-state index in [9.17, 15) is 30.3 Å². The molecule has 0 bridgehead atoms. The minimum atomic E-state index is -0.961. The van der Waals surface area contributed by atoms with E-state index in [0.29, 0.717) is 32.1 Å². The number of nitrogens with one attached hydrogen (secondary N) is 2. The van der Waals surface area contributed by atoms with Gasteiger partial charge >= 0.3 is 5.97 Å². The second kappa shape index (κ2) is 22.1. The lowest BCUT2D eigenvalue weighted by Crippen LogP contribution is -2.46. The number of fused-ring (bicyclic) bond motifs is 1. The van der Waals surface area contributed by atoms with Crippen LogP contribution >= 0.6 is 0 Å². The van der Waals surface area contributed by atoms with Gasteiger partial charge in [-0.3, -0.25) is 4.79 Å². The fourth-order valence-corrected chi connectivity index (χ4v) is 5.97. The quantitative estimate of drug-likeness (QED) is 0.0871.